The summed E-state index contributed by atoms with van der Waals surface area (Å²) in [5, 5.41) is 4.43. The minimum atomic E-state index is -0.00822. The lowest BCUT2D eigenvalue weighted by molar-refractivity contribution is 0.0827. The van der Waals surface area contributed by atoms with Gasteiger partial charge in [0, 0.05) is 30.2 Å². The molecular formula is C18H20N4OS. The maximum atomic E-state index is 12.0. The van der Waals surface area contributed by atoms with Crippen LogP contribution in [0.15, 0.2) is 24.3 Å². The maximum absolute atomic E-state index is 12.0. The van der Waals surface area contributed by atoms with E-state index in [2.05, 4.69) is 29.1 Å². The van der Waals surface area contributed by atoms with Crippen LogP contribution in [0.25, 0.3) is 10.2 Å². The van der Waals surface area contributed by atoms with Gasteiger partial charge in [0.05, 0.1) is 5.39 Å². The molecule has 2 heterocycles. The Kier molecular flexibility index (Phi) is 4.24. The molecule has 6 heteroatoms. The molecule has 0 aliphatic rings. The minimum absolute atomic E-state index is 0.00822. The van der Waals surface area contributed by atoms with Crippen LogP contribution in [0.2, 0.25) is 0 Å². The van der Waals surface area contributed by atoms with E-state index >= 15 is 0 Å². The Bertz CT molecular complexity index is 913. The first-order chi connectivity index (χ1) is 11.4. The van der Waals surface area contributed by atoms with Crippen molar-refractivity contribution in [2.75, 3.05) is 19.4 Å². The molecule has 5 nitrogen and oxygen atoms in total. The molecule has 1 aromatic carbocycles. The number of hydrogen-bond acceptors (Lipinski definition) is 5. The number of thiophene rings is 1. The van der Waals surface area contributed by atoms with Gasteiger partial charge in [-0.3, -0.25) is 4.79 Å². The lowest BCUT2D eigenvalue weighted by Crippen LogP contribution is -2.21. The van der Waals surface area contributed by atoms with Crippen LogP contribution in [0.4, 0.5) is 11.5 Å². The molecule has 0 saturated heterocycles. The predicted molar refractivity (Wildman–Crippen MR) is 99.4 cm³/mol. The highest BCUT2D eigenvalue weighted by Crippen LogP contribution is 2.34. The van der Waals surface area contributed by atoms with Gasteiger partial charge in [0.25, 0.3) is 5.91 Å². The van der Waals surface area contributed by atoms with Gasteiger partial charge in [-0.25, -0.2) is 9.97 Å². The fourth-order valence-corrected chi connectivity index (χ4v) is 3.61. The van der Waals surface area contributed by atoms with Crippen LogP contribution in [-0.2, 0) is 0 Å². The SMILES string of the molecule is Cc1nc(Nc2ccc(C(=O)N(C)C)cc2)c2c(C)c(C)sc2n1. The van der Waals surface area contributed by atoms with E-state index in [4.69, 9.17) is 0 Å². The Morgan fingerprint density at radius 1 is 1.08 bits per heavy atom. The Labute approximate surface area is 145 Å². The normalized spacial score (nSPS) is 10.9. The average Bonchev–Trinajstić information content (AvgIpc) is 2.81. The van der Waals surface area contributed by atoms with Crippen molar-refractivity contribution in [3.63, 3.8) is 0 Å². The van der Waals surface area contributed by atoms with Crippen LogP contribution >= 0.6 is 11.3 Å². The highest BCUT2D eigenvalue weighted by Gasteiger charge is 2.14. The molecule has 0 radical (unpaired) electrons. The van der Waals surface area contributed by atoms with Crippen LogP contribution in [0.5, 0.6) is 0 Å². The van der Waals surface area contributed by atoms with E-state index in [0.29, 0.717) is 5.56 Å². The smallest absolute Gasteiger partial charge is 0.253 e. The molecule has 0 atom stereocenters. The standard InChI is InChI=1S/C18H20N4OS/c1-10-11(2)24-17-15(10)16(19-12(3)20-17)21-14-8-6-13(7-9-14)18(23)22(4)5/h6-9H,1-5H3,(H,19,20,21). The van der Waals surface area contributed by atoms with E-state index in [0.717, 1.165) is 27.5 Å². The molecule has 124 valence electrons. The van der Waals surface area contributed by atoms with E-state index < -0.39 is 0 Å². The fraction of sp³-hybridized carbons (Fsp3) is 0.278. The third kappa shape index (κ3) is 2.97. The number of anilines is 2. The summed E-state index contributed by atoms with van der Waals surface area (Å²) in [6.07, 6.45) is 0. The number of amides is 1. The first-order valence-corrected chi connectivity index (χ1v) is 8.51. The zero-order chi connectivity index (χ0) is 17.4. The lowest BCUT2D eigenvalue weighted by atomic mass is 10.1. The number of fused-ring (bicyclic) bond motifs is 1. The molecule has 0 unspecified atom stereocenters. The molecule has 0 spiro atoms. The molecule has 3 aromatic rings. The van der Waals surface area contributed by atoms with Crippen molar-refractivity contribution in [2.45, 2.75) is 20.8 Å². The molecule has 0 saturated carbocycles. The second kappa shape index (κ2) is 6.20. The van der Waals surface area contributed by atoms with Gasteiger partial charge in [-0.1, -0.05) is 0 Å². The van der Waals surface area contributed by atoms with Crippen LogP contribution < -0.4 is 5.32 Å². The minimum Gasteiger partial charge on any atom is -0.345 e. The summed E-state index contributed by atoms with van der Waals surface area (Å²) in [4.78, 5) is 24.9. The van der Waals surface area contributed by atoms with Gasteiger partial charge >= 0.3 is 0 Å². The zero-order valence-electron chi connectivity index (χ0n) is 14.5. The van der Waals surface area contributed by atoms with Crippen LogP contribution in [-0.4, -0.2) is 34.9 Å². The summed E-state index contributed by atoms with van der Waals surface area (Å²) < 4.78 is 0. The number of aryl methyl sites for hydroxylation is 3. The van der Waals surface area contributed by atoms with Crippen molar-refractivity contribution in [1.82, 2.24) is 14.9 Å². The molecule has 1 N–H and O–H groups in total. The molecular weight excluding hydrogens is 320 g/mol. The van der Waals surface area contributed by atoms with Crippen molar-refractivity contribution < 1.29 is 4.79 Å². The Morgan fingerprint density at radius 2 is 1.75 bits per heavy atom. The highest BCUT2D eigenvalue weighted by atomic mass is 32.1. The van der Waals surface area contributed by atoms with E-state index in [1.54, 1.807) is 30.3 Å². The summed E-state index contributed by atoms with van der Waals surface area (Å²) in [6.45, 7) is 6.09. The second-order valence-corrected chi connectivity index (χ2v) is 7.19. The molecule has 0 fully saturated rings. The molecule has 0 bridgehead atoms. The molecule has 3 rings (SSSR count). The van der Waals surface area contributed by atoms with Gasteiger partial charge in [-0.05, 0) is 50.6 Å². The van der Waals surface area contributed by atoms with Crippen molar-refractivity contribution in [3.8, 4) is 0 Å². The fourth-order valence-electron chi connectivity index (χ4n) is 2.54. The monoisotopic (exact) mass is 340 g/mol. The summed E-state index contributed by atoms with van der Waals surface area (Å²) in [7, 11) is 3.49. The van der Waals surface area contributed by atoms with Gasteiger partial charge < -0.3 is 10.2 Å². The van der Waals surface area contributed by atoms with Gasteiger partial charge in [0.2, 0.25) is 0 Å². The van der Waals surface area contributed by atoms with Crippen LogP contribution in [0, 0.1) is 20.8 Å². The largest absolute Gasteiger partial charge is 0.345 e. The quantitative estimate of drug-likeness (QED) is 0.781. The van der Waals surface area contributed by atoms with E-state index in [1.807, 2.05) is 31.2 Å². The Morgan fingerprint density at radius 3 is 2.38 bits per heavy atom. The highest BCUT2D eigenvalue weighted by molar-refractivity contribution is 7.18. The second-order valence-electron chi connectivity index (χ2n) is 5.98. The lowest BCUT2D eigenvalue weighted by Gasteiger charge is -2.12. The first-order valence-electron chi connectivity index (χ1n) is 7.70. The molecule has 0 aliphatic carbocycles. The molecule has 2 aromatic heterocycles. The van der Waals surface area contributed by atoms with Crippen molar-refractivity contribution in [2.24, 2.45) is 0 Å². The van der Waals surface area contributed by atoms with Gasteiger partial charge in [0.15, 0.2) is 0 Å². The summed E-state index contributed by atoms with van der Waals surface area (Å²) in [6, 6.07) is 7.44. The number of carbonyl (C=O) groups excluding carboxylic acids is 1. The number of rotatable bonds is 3. The Hall–Kier alpha value is -2.47. The number of nitrogens with one attached hydrogen (secondary N) is 1. The average molecular weight is 340 g/mol. The van der Waals surface area contributed by atoms with Crippen molar-refractivity contribution >= 4 is 39.0 Å². The topological polar surface area (TPSA) is 58.1 Å². The summed E-state index contributed by atoms with van der Waals surface area (Å²) in [5.41, 5.74) is 2.77. The van der Waals surface area contributed by atoms with Gasteiger partial charge in [0.1, 0.15) is 16.5 Å². The maximum Gasteiger partial charge on any atom is 0.253 e. The molecule has 24 heavy (non-hydrogen) atoms. The number of nitrogens with zero attached hydrogens (tertiary/aromatic N) is 3. The van der Waals surface area contributed by atoms with E-state index in [1.165, 1.54) is 10.4 Å². The van der Waals surface area contributed by atoms with E-state index in [9.17, 15) is 4.79 Å². The third-order valence-corrected chi connectivity index (χ3v) is 5.04. The van der Waals surface area contributed by atoms with Crippen molar-refractivity contribution in [3.05, 3.63) is 46.1 Å². The molecule has 1 amide bonds. The van der Waals surface area contributed by atoms with Crippen LogP contribution in [0.3, 0.4) is 0 Å². The number of benzene rings is 1. The Balaban J connectivity index is 1.97. The first kappa shape index (κ1) is 16.4. The van der Waals surface area contributed by atoms with Crippen molar-refractivity contribution in [1.29, 1.82) is 0 Å². The summed E-state index contributed by atoms with van der Waals surface area (Å²) >= 11 is 1.69. The van der Waals surface area contributed by atoms with Gasteiger partial charge in [-0.2, -0.15) is 0 Å². The van der Waals surface area contributed by atoms with Gasteiger partial charge in [-0.15, -0.1) is 11.3 Å². The zero-order valence-corrected chi connectivity index (χ0v) is 15.3. The third-order valence-electron chi connectivity index (χ3n) is 3.94. The molecule has 0 aliphatic heterocycles. The summed E-state index contributed by atoms with van der Waals surface area (Å²) in [5.74, 6) is 1.54. The predicted octanol–water partition coefficient (Wildman–Crippen LogP) is 4.06. The number of aromatic nitrogens is 2. The number of hydrogen-bond donors (Lipinski definition) is 1. The van der Waals surface area contributed by atoms with E-state index in [-0.39, 0.29) is 5.91 Å². The number of carbonyl (C=O) groups is 1. The van der Waals surface area contributed by atoms with Crippen LogP contribution in [0.1, 0.15) is 26.6 Å².